The number of hydrogen-bond donors (Lipinski definition) is 2. The highest BCUT2D eigenvalue weighted by Gasteiger charge is 2.26. The van der Waals surface area contributed by atoms with Crippen molar-refractivity contribution in [2.75, 3.05) is 6.61 Å². The largest absolute Gasteiger partial charge is 0.454 e. The van der Waals surface area contributed by atoms with E-state index in [4.69, 9.17) is 4.74 Å². The molecule has 2 amide bonds. The zero-order valence-electron chi connectivity index (χ0n) is 18.9. The molecule has 0 radical (unpaired) electrons. The standard InChI is InChI=1S/C28H28N2O4/c31-26(29-24-17-9-15-21-12-7-8-16-23(21)24)19-34-28(33)25(18-20-10-3-1-4-11-20)30-27(32)22-13-5-2-6-14-22/h1-8,10-14,16,24-25H,9,15,17-19H2,(H,29,31)(H,30,32)/t24-,25+/m1/s1. The maximum absolute atomic E-state index is 12.9. The first-order valence-corrected chi connectivity index (χ1v) is 11.5. The van der Waals surface area contributed by atoms with Crippen LogP contribution in [0.2, 0.25) is 0 Å². The van der Waals surface area contributed by atoms with E-state index in [0.29, 0.717) is 5.56 Å². The predicted octanol–water partition coefficient (Wildman–Crippen LogP) is 3.76. The second-order valence-corrected chi connectivity index (χ2v) is 8.40. The van der Waals surface area contributed by atoms with Crippen LogP contribution in [0.4, 0.5) is 0 Å². The summed E-state index contributed by atoms with van der Waals surface area (Å²) < 4.78 is 5.34. The van der Waals surface area contributed by atoms with Crippen LogP contribution >= 0.6 is 0 Å². The van der Waals surface area contributed by atoms with E-state index < -0.39 is 18.6 Å². The Balaban J connectivity index is 1.38. The van der Waals surface area contributed by atoms with Crippen molar-refractivity contribution >= 4 is 17.8 Å². The van der Waals surface area contributed by atoms with Crippen molar-refractivity contribution in [1.29, 1.82) is 0 Å². The summed E-state index contributed by atoms with van der Waals surface area (Å²) in [7, 11) is 0. The van der Waals surface area contributed by atoms with Gasteiger partial charge in [-0.15, -0.1) is 0 Å². The molecule has 3 aromatic carbocycles. The molecule has 4 rings (SSSR count). The molecule has 1 aliphatic rings. The van der Waals surface area contributed by atoms with Crippen molar-refractivity contribution < 1.29 is 19.1 Å². The van der Waals surface area contributed by atoms with Gasteiger partial charge in [-0.05, 0) is 48.1 Å². The number of benzene rings is 3. The van der Waals surface area contributed by atoms with E-state index in [1.807, 2.05) is 54.6 Å². The summed E-state index contributed by atoms with van der Waals surface area (Å²) >= 11 is 0. The normalized spacial score (nSPS) is 15.5. The fourth-order valence-corrected chi connectivity index (χ4v) is 4.25. The van der Waals surface area contributed by atoms with E-state index in [2.05, 4.69) is 16.7 Å². The third-order valence-electron chi connectivity index (χ3n) is 5.96. The molecule has 34 heavy (non-hydrogen) atoms. The van der Waals surface area contributed by atoms with Gasteiger partial charge in [-0.25, -0.2) is 4.79 Å². The molecule has 0 fully saturated rings. The SMILES string of the molecule is O=C(COC(=O)[C@H](Cc1ccccc1)NC(=O)c1ccccc1)N[C@@H]1CCCc2ccccc21. The molecular weight excluding hydrogens is 428 g/mol. The average molecular weight is 457 g/mol. The van der Waals surface area contributed by atoms with Gasteiger partial charge >= 0.3 is 5.97 Å². The highest BCUT2D eigenvalue weighted by Crippen LogP contribution is 2.29. The molecule has 0 heterocycles. The molecule has 2 N–H and O–H groups in total. The van der Waals surface area contributed by atoms with Crippen LogP contribution in [0, 0.1) is 0 Å². The Morgan fingerprint density at radius 2 is 1.56 bits per heavy atom. The van der Waals surface area contributed by atoms with Crippen molar-refractivity contribution in [3.63, 3.8) is 0 Å². The molecular formula is C28H28N2O4. The van der Waals surface area contributed by atoms with Crippen LogP contribution in [0.25, 0.3) is 0 Å². The fraction of sp³-hybridized carbons (Fsp3) is 0.250. The summed E-state index contributed by atoms with van der Waals surface area (Å²) in [6.45, 7) is -0.399. The molecule has 174 valence electrons. The maximum Gasteiger partial charge on any atom is 0.329 e. The van der Waals surface area contributed by atoms with Crippen LogP contribution in [-0.2, 0) is 27.2 Å². The summed E-state index contributed by atoms with van der Waals surface area (Å²) in [5.74, 6) is -1.38. The predicted molar refractivity (Wildman–Crippen MR) is 129 cm³/mol. The zero-order chi connectivity index (χ0) is 23.8. The molecule has 0 saturated heterocycles. The minimum Gasteiger partial charge on any atom is -0.454 e. The Morgan fingerprint density at radius 1 is 0.882 bits per heavy atom. The molecule has 0 spiro atoms. The number of fused-ring (bicyclic) bond motifs is 1. The Morgan fingerprint density at radius 3 is 2.32 bits per heavy atom. The molecule has 0 unspecified atom stereocenters. The minimum atomic E-state index is -0.918. The van der Waals surface area contributed by atoms with Gasteiger partial charge in [0.15, 0.2) is 6.61 Å². The lowest BCUT2D eigenvalue weighted by Crippen LogP contribution is -2.44. The number of aryl methyl sites for hydroxylation is 1. The lowest BCUT2D eigenvalue weighted by atomic mass is 9.88. The molecule has 6 heteroatoms. The number of rotatable bonds is 8. The average Bonchev–Trinajstić information content (AvgIpc) is 2.88. The van der Waals surface area contributed by atoms with E-state index in [0.717, 1.165) is 30.4 Å². The number of esters is 1. The molecule has 6 nitrogen and oxygen atoms in total. The molecule has 0 aromatic heterocycles. The van der Waals surface area contributed by atoms with Gasteiger partial charge in [-0.1, -0.05) is 72.8 Å². The van der Waals surface area contributed by atoms with Gasteiger partial charge in [0.25, 0.3) is 11.8 Å². The van der Waals surface area contributed by atoms with Crippen molar-refractivity contribution in [1.82, 2.24) is 10.6 Å². The third kappa shape index (κ3) is 6.10. The maximum atomic E-state index is 12.9. The molecule has 0 saturated carbocycles. The zero-order valence-corrected chi connectivity index (χ0v) is 18.9. The monoisotopic (exact) mass is 456 g/mol. The molecule has 0 aliphatic heterocycles. The Hall–Kier alpha value is -3.93. The molecule has 2 atom stereocenters. The van der Waals surface area contributed by atoms with Gasteiger partial charge in [-0.2, -0.15) is 0 Å². The van der Waals surface area contributed by atoms with Gasteiger partial charge in [-0.3, -0.25) is 9.59 Å². The molecule has 1 aliphatic carbocycles. The first-order valence-electron chi connectivity index (χ1n) is 11.5. The van der Waals surface area contributed by atoms with Gasteiger partial charge in [0.1, 0.15) is 6.04 Å². The summed E-state index contributed by atoms with van der Waals surface area (Å²) in [6, 6.07) is 25.1. The second kappa shape index (κ2) is 11.3. The van der Waals surface area contributed by atoms with Gasteiger partial charge in [0.05, 0.1) is 6.04 Å². The molecule has 0 bridgehead atoms. The Kier molecular flexibility index (Phi) is 7.71. The topological polar surface area (TPSA) is 84.5 Å². The summed E-state index contributed by atoms with van der Waals surface area (Å²) in [5, 5.41) is 5.74. The van der Waals surface area contributed by atoms with E-state index in [1.165, 1.54) is 5.56 Å². The smallest absolute Gasteiger partial charge is 0.329 e. The number of amides is 2. The summed E-state index contributed by atoms with van der Waals surface area (Å²) in [4.78, 5) is 38.1. The van der Waals surface area contributed by atoms with E-state index >= 15 is 0 Å². The lowest BCUT2D eigenvalue weighted by molar-refractivity contribution is -0.150. The number of carbonyl (C=O) groups is 3. The summed E-state index contributed by atoms with van der Waals surface area (Å²) in [6.07, 6.45) is 3.10. The van der Waals surface area contributed by atoms with Gasteiger partial charge in [0, 0.05) is 12.0 Å². The van der Waals surface area contributed by atoms with Crippen LogP contribution < -0.4 is 10.6 Å². The van der Waals surface area contributed by atoms with Crippen LogP contribution in [0.5, 0.6) is 0 Å². The van der Waals surface area contributed by atoms with E-state index in [-0.39, 0.29) is 24.3 Å². The number of hydrogen-bond acceptors (Lipinski definition) is 4. The van der Waals surface area contributed by atoms with Crippen molar-refractivity contribution in [3.8, 4) is 0 Å². The first-order chi connectivity index (χ1) is 16.6. The summed E-state index contributed by atoms with van der Waals surface area (Å²) in [5.41, 5.74) is 3.68. The highest BCUT2D eigenvalue weighted by atomic mass is 16.5. The Labute approximate surface area is 199 Å². The minimum absolute atomic E-state index is 0.0888. The van der Waals surface area contributed by atoms with Crippen LogP contribution in [0.15, 0.2) is 84.9 Å². The number of ether oxygens (including phenoxy) is 1. The van der Waals surface area contributed by atoms with Crippen molar-refractivity contribution in [2.24, 2.45) is 0 Å². The van der Waals surface area contributed by atoms with Crippen molar-refractivity contribution in [3.05, 3.63) is 107 Å². The van der Waals surface area contributed by atoms with Gasteiger partial charge < -0.3 is 15.4 Å². The van der Waals surface area contributed by atoms with Crippen LogP contribution in [0.3, 0.4) is 0 Å². The highest BCUT2D eigenvalue weighted by molar-refractivity contribution is 5.97. The third-order valence-corrected chi connectivity index (χ3v) is 5.96. The second-order valence-electron chi connectivity index (χ2n) is 8.40. The number of nitrogens with one attached hydrogen (secondary N) is 2. The lowest BCUT2D eigenvalue weighted by Gasteiger charge is -2.26. The Bertz CT molecular complexity index is 1130. The number of carbonyl (C=O) groups excluding carboxylic acids is 3. The van der Waals surface area contributed by atoms with E-state index in [9.17, 15) is 14.4 Å². The van der Waals surface area contributed by atoms with Crippen LogP contribution in [0.1, 0.15) is 45.9 Å². The fourth-order valence-electron chi connectivity index (χ4n) is 4.25. The van der Waals surface area contributed by atoms with Crippen LogP contribution in [-0.4, -0.2) is 30.4 Å². The quantitative estimate of drug-likeness (QED) is 0.506. The van der Waals surface area contributed by atoms with Crippen molar-refractivity contribution in [2.45, 2.75) is 37.8 Å². The van der Waals surface area contributed by atoms with Gasteiger partial charge in [0.2, 0.25) is 0 Å². The van der Waals surface area contributed by atoms with E-state index in [1.54, 1.807) is 24.3 Å². The molecule has 3 aromatic rings. The first kappa shape index (κ1) is 23.2.